The molecule has 1 atom stereocenters. The Hall–Kier alpha value is -3.28. The van der Waals surface area contributed by atoms with Crippen LogP contribution in [0.2, 0.25) is 0 Å². The highest BCUT2D eigenvalue weighted by atomic mass is 16.1. The molecule has 33 heavy (non-hydrogen) atoms. The zero-order chi connectivity index (χ0) is 23.2. The molecule has 2 N–H and O–H groups in total. The van der Waals surface area contributed by atoms with Crippen LogP contribution in [0.3, 0.4) is 0 Å². The van der Waals surface area contributed by atoms with E-state index < -0.39 is 0 Å². The number of rotatable bonds is 7. The fourth-order valence-electron chi connectivity index (χ4n) is 4.29. The summed E-state index contributed by atoms with van der Waals surface area (Å²) in [6, 6.07) is 24.3. The summed E-state index contributed by atoms with van der Waals surface area (Å²) >= 11 is 0. The smallest absolute Gasteiger partial charge is 0.251 e. The number of nitrogens with one attached hydrogen (secondary N) is 2. The normalized spacial score (nSPS) is 16.4. The first-order chi connectivity index (χ1) is 16.0. The Morgan fingerprint density at radius 3 is 2.33 bits per heavy atom. The topological polar surface area (TPSA) is 61.4 Å². The number of ketones is 1. The Labute approximate surface area is 195 Å². The lowest BCUT2D eigenvalue weighted by Crippen LogP contribution is -2.48. The van der Waals surface area contributed by atoms with Crippen molar-refractivity contribution >= 4 is 11.7 Å². The number of carbonyl (C=O) groups is 2. The van der Waals surface area contributed by atoms with Gasteiger partial charge < -0.3 is 10.6 Å². The van der Waals surface area contributed by atoms with Crippen molar-refractivity contribution in [3.8, 4) is 11.1 Å². The van der Waals surface area contributed by atoms with E-state index in [2.05, 4.69) is 58.9 Å². The summed E-state index contributed by atoms with van der Waals surface area (Å²) < 4.78 is 0. The standard InChI is InChI=1S/C28H31N3O2/c1-20-18-31(13-12-29-20)19-23-7-4-10-26(15-23)25-9-3-6-22(14-25)17-30-28(33)27-11-5-8-24(16-27)21(2)32/h3-11,14-16,20,29H,12-13,17-19H2,1-2H3,(H,30,33). The molecule has 0 spiro atoms. The van der Waals surface area contributed by atoms with Crippen LogP contribution >= 0.6 is 0 Å². The number of amides is 1. The first kappa shape index (κ1) is 22.9. The molecule has 3 aromatic rings. The molecule has 0 radical (unpaired) electrons. The number of Topliss-reactive ketones (excluding diaryl/α,β-unsaturated/α-hetero) is 1. The van der Waals surface area contributed by atoms with Gasteiger partial charge in [-0.1, -0.05) is 48.5 Å². The minimum atomic E-state index is -0.184. The van der Waals surface area contributed by atoms with Gasteiger partial charge in [0.1, 0.15) is 0 Å². The number of benzene rings is 3. The second-order valence-electron chi connectivity index (χ2n) is 8.81. The molecule has 1 aliphatic heterocycles. The molecule has 4 rings (SSSR count). The minimum absolute atomic E-state index is 0.0500. The maximum absolute atomic E-state index is 12.6. The third-order valence-corrected chi connectivity index (χ3v) is 6.03. The minimum Gasteiger partial charge on any atom is -0.348 e. The van der Waals surface area contributed by atoms with Crippen molar-refractivity contribution in [1.82, 2.24) is 15.5 Å². The highest BCUT2D eigenvalue weighted by Crippen LogP contribution is 2.23. The van der Waals surface area contributed by atoms with Gasteiger partial charge in [-0.2, -0.15) is 0 Å². The highest BCUT2D eigenvalue weighted by molar-refractivity contribution is 5.99. The Bertz CT molecular complexity index is 1140. The van der Waals surface area contributed by atoms with E-state index in [-0.39, 0.29) is 11.7 Å². The van der Waals surface area contributed by atoms with Gasteiger partial charge in [0, 0.05) is 49.9 Å². The molecule has 1 amide bonds. The van der Waals surface area contributed by atoms with Gasteiger partial charge in [-0.05, 0) is 60.4 Å². The summed E-state index contributed by atoms with van der Waals surface area (Å²) in [4.78, 5) is 26.7. The van der Waals surface area contributed by atoms with Crippen LogP contribution in [0, 0.1) is 0 Å². The maximum Gasteiger partial charge on any atom is 0.251 e. The van der Waals surface area contributed by atoms with Crippen molar-refractivity contribution in [2.24, 2.45) is 0 Å². The average Bonchev–Trinajstić information content (AvgIpc) is 2.83. The summed E-state index contributed by atoms with van der Waals surface area (Å²) in [5.74, 6) is -0.234. The summed E-state index contributed by atoms with van der Waals surface area (Å²) in [5.41, 5.74) is 5.69. The number of hydrogen-bond acceptors (Lipinski definition) is 4. The lowest BCUT2D eigenvalue weighted by Gasteiger charge is -2.31. The first-order valence-corrected chi connectivity index (χ1v) is 11.5. The summed E-state index contributed by atoms with van der Waals surface area (Å²) in [6.45, 7) is 8.28. The lowest BCUT2D eigenvalue weighted by atomic mass is 10.0. The van der Waals surface area contributed by atoms with Gasteiger partial charge in [-0.3, -0.25) is 14.5 Å². The molecule has 0 bridgehead atoms. The fourth-order valence-corrected chi connectivity index (χ4v) is 4.29. The molecular formula is C28H31N3O2. The Morgan fingerprint density at radius 2 is 1.61 bits per heavy atom. The fraction of sp³-hybridized carbons (Fsp3) is 0.286. The van der Waals surface area contributed by atoms with Gasteiger partial charge in [0.15, 0.2) is 5.78 Å². The van der Waals surface area contributed by atoms with Crippen molar-refractivity contribution in [2.75, 3.05) is 19.6 Å². The Kier molecular flexibility index (Phi) is 7.33. The molecule has 1 aliphatic rings. The molecule has 1 saturated heterocycles. The molecule has 0 aromatic heterocycles. The van der Waals surface area contributed by atoms with Crippen molar-refractivity contribution in [1.29, 1.82) is 0 Å². The van der Waals surface area contributed by atoms with Crippen LogP contribution in [0.25, 0.3) is 11.1 Å². The second-order valence-corrected chi connectivity index (χ2v) is 8.81. The summed E-state index contributed by atoms with van der Waals surface area (Å²) in [5, 5.41) is 6.46. The molecule has 5 heteroatoms. The molecule has 0 saturated carbocycles. The van der Waals surface area contributed by atoms with E-state index in [1.165, 1.54) is 18.1 Å². The van der Waals surface area contributed by atoms with Gasteiger partial charge in [0.25, 0.3) is 5.91 Å². The largest absolute Gasteiger partial charge is 0.348 e. The molecule has 3 aromatic carbocycles. The van der Waals surface area contributed by atoms with E-state index in [0.29, 0.717) is 23.7 Å². The quantitative estimate of drug-likeness (QED) is 0.538. The van der Waals surface area contributed by atoms with Crippen LogP contribution in [0.15, 0.2) is 72.8 Å². The number of carbonyl (C=O) groups excluding carboxylic acids is 2. The third kappa shape index (κ3) is 6.15. The molecule has 170 valence electrons. The van der Waals surface area contributed by atoms with Crippen LogP contribution in [0.1, 0.15) is 45.7 Å². The van der Waals surface area contributed by atoms with Crippen LogP contribution in [0.5, 0.6) is 0 Å². The van der Waals surface area contributed by atoms with E-state index >= 15 is 0 Å². The number of piperazine rings is 1. The van der Waals surface area contributed by atoms with Crippen LogP contribution in [-0.4, -0.2) is 42.3 Å². The van der Waals surface area contributed by atoms with Gasteiger partial charge in [-0.15, -0.1) is 0 Å². The van der Waals surface area contributed by atoms with Crippen molar-refractivity contribution < 1.29 is 9.59 Å². The van der Waals surface area contributed by atoms with Crippen LogP contribution in [0.4, 0.5) is 0 Å². The van der Waals surface area contributed by atoms with E-state index in [1.807, 2.05) is 12.1 Å². The zero-order valence-corrected chi connectivity index (χ0v) is 19.3. The second kappa shape index (κ2) is 10.6. The summed E-state index contributed by atoms with van der Waals surface area (Å²) in [6.07, 6.45) is 0. The predicted octanol–water partition coefficient (Wildman–Crippen LogP) is 4.28. The molecule has 5 nitrogen and oxygen atoms in total. The van der Waals surface area contributed by atoms with E-state index in [4.69, 9.17) is 0 Å². The monoisotopic (exact) mass is 441 g/mol. The van der Waals surface area contributed by atoms with Crippen molar-refractivity contribution in [3.63, 3.8) is 0 Å². The molecule has 1 heterocycles. The molecule has 0 aliphatic carbocycles. The molecular weight excluding hydrogens is 410 g/mol. The van der Waals surface area contributed by atoms with Crippen LogP contribution < -0.4 is 10.6 Å². The van der Waals surface area contributed by atoms with Gasteiger partial charge in [0.05, 0.1) is 0 Å². The zero-order valence-electron chi connectivity index (χ0n) is 19.3. The van der Waals surface area contributed by atoms with E-state index in [1.54, 1.807) is 24.3 Å². The molecule has 1 unspecified atom stereocenters. The van der Waals surface area contributed by atoms with Crippen LogP contribution in [-0.2, 0) is 13.1 Å². The number of nitrogens with zero attached hydrogens (tertiary/aromatic N) is 1. The van der Waals surface area contributed by atoms with Gasteiger partial charge >= 0.3 is 0 Å². The molecule has 1 fully saturated rings. The Morgan fingerprint density at radius 1 is 0.939 bits per heavy atom. The van der Waals surface area contributed by atoms with E-state index in [9.17, 15) is 9.59 Å². The lowest BCUT2D eigenvalue weighted by molar-refractivity contribution is 0.0951. The predicted molar refractivity (Wildman–Crippen MR) is 132 cm³/mol. The van der Waals surface area contributed by atoms with Gasteiger partial charge in [-0.25, -0.2) is 0 Å². The third-order valence-electron chi connectivity index (χ3n) is 6.03. The average molecular weight is 442 g/mol. The highest BCUT2D eigenvalue weighted by Gasteiger charge is 2.15. The SMILES string of the molecule is CC(=O)c1cccc(C(=O)NCc2cccc(-c3cccc(CN4CCNC(C)C4)c3)c2)c1. The maximum atomic E-state index is 12.6. The van der Waals surface area contributed by atoms with Crippen molar-refractivity contribution in [2.45, 2.75) is 33.0 Å². The summed E-state index contributed by atoms with van der Waals surface area (Å²) in [7, 11) is 0. The van der Waals surface area contributed by atoms with Crippen molar-refractivity contribution in [3.05, 3.63) is 95.1 Å². The van der Waals surface area contributed by atoms with Gasteiger partial charge in [0.2, 0.25) is 0 Å². The first-order valence-electron chi connectivity index (χ1n) is 11.5. The van der Waals surface area contributed by atoms with E-state index in [0.717, 1.165) is 37.3 Å². The Balaban J connectivity index is 1.42. The number of hydrogen-bond donors (Lipinski definition) is 2.